The molecule has 0 radical (unpaired) electrons. The highest BCUT2D eigenvalue weighted by atomic mass is 15.2. The number of nitrogens with zero attached hydrogens (tertiary/aromatic N) is 3. The summed E-state index contributed by atoms with van der Waals surface area (Å²) in [6.45, 7) is 0. The minimum absolute atomic E-state index is 0.790. The third-order valence-corrected chi connectivity index (χ3v) is 2.17. The topological polar surface area (TPSA) is 46.5 Å². The Bertz CT molecular complexity index is 550. The lowest BCUT2D eigenvalue weighted by atomic mass is 10.3. The number of hydrogen-bond donors (Lipinski definition) is 1. The Morgan fingerprint density at radius 1 is 1.14 bits per heavy atom. The number of aromatic amines is 1. The van der Waals surface area contributed by atoms with Gasteiger partial charge in [-0.2, -0.15) is 0 Å². The molecule has 0 unspecified atom stereocenters. The van der Waals surface area contributed by atoms with Gasteiger partial charge in [0.05, 0.1) is 11.0 Å². The van der Waals surface area contributed by atoms with Crippen LogP contribution in [-0.4, -0.2) is 19.5 Å². The minimum atomic E-state index is 0.790. The Morgan fingerprint density at radius 2 is 2.07 bits per heavy atom. The molecule has 14 heavy (non-hydrogen) atoms. The lowest BCUT2D eigenvalue weighted by molar-refractivity contribution is 0.988. The van der Waals surface area contributed by atoms with Crippen LogP contribution in [0.2, 0.25) is 0 Å². The first-order valence-electron chi connectivity index (χ1n) is 4.37. The van der Waals surface area contributed by atoms with Gasteiger partial charge in [0.15, 0.2) is 0 Å². The predicted octanol–water partition coefficient (Wildman–Crippen LogP) is 1.75. The molecule has 2 heterocycles. The average molecular weight is 184 g/mol. The van der Waals surface area contributed by atoms with E-state index >= 15 is 0 Å². The summed E-state index contributed by atoms with van der Waals surface area (Å²) in [5.41, 5.74) is 2.03. The van der Waals surface area contributed by atoms with Crippen LogP contribution in [0.1, 0.15) is 0 Å². The predicted molar refractivity (Wildman–Crippen MR) is 53.2 cm³/mol. The summed E-state index contributed by atoms with van der Waals surface area (Å²) in [5.74, 6) is 0.790. The molecule has 0 aliphatic heterocycles. The van der Waals surface area contributed by atoms with Crippen molar-refractivity contribution >= 4 is 11.0 Å². The summed E-state index contributed by atoms with van der Waals surface area (Å²) in [4.78, 5) is 11.5. The largest absolute Gasteiger partial charge is 0.330 e. The molecule has 68 valence electrons. The van der Waals surface area contributed by atoms with Gasteiger partial charge in [0, 0.05) is 12.4 Å². The zero-order valence-electron chi connectivity index (χ0n) is 7.38. The maximum Gasteiger partial charge on any atom is 0.212 e. The van der Waals surface area contributed by atoms with Crippen LogP contribution in [0.3, 0.4) is 0 Å². The molecule has 1 aromatic carbocycles. The zero-order chi connectivity index (χ0) is 9.38. The molecule has 0 fully saturated rings. The molecule has 0 saturated carbocycles. The number of nitrogens with one attached hydrogen (secondary N) is 1. The molecule has 4 nitrogen and oxygen atoms in total. The molecule has 0 aliphatic carbocycles. The second kappa shape index (κ2) is 2.70. The second-order valence-electron chi connectivity index (χ2n) is 3.02. The molecule has 0 saturated heterocycles. The van der Waals surface area contributed by atoms with Gasteiger partial charge in [-0.05, 0) is 12.1 Å². The van der Waals surface area contributed by atoms with Crippen molar-refractivity contribution in [1.29, 1.82) is 0 Å². The smallest absolute Gasteiger partial charge is 0.212 e. The Labute approximate surface area is 80.2 Å². The summed E-state index contributed by atoms with van der Waals surface area (Å²) in [7, 11) is 0. The van der Waals surface area contributed by atoms with E-state index in [-0.39, 0.29) is 0 Å². The Morgan fingerprint density at radius 3 is 2.93 bits per heavy atom. The quantitative estimate of drug-likeness (QED) is 0.626. The number of aromatic nitrogens is 4. The maximum absolute atomic E-state index is 4.28. The molecular weight excluding hydrogens is 176 g/mol. The van der Waals surface area contributed by atoms with Crippen molar-refractivity contribution in [1.82, 2.24) is 19.5 Å². The van der Waals surface area contributed by atoms with Crippen molar-refractivity contribution in [2.24, 2.45) is 0 Å². The fourth-order valence-electron chi connectivity index (χ4n) is 1.52. The van der Waals surface area contributed by atoms with E-state index in [4.69, 9.17) is 0 Å². The fourth-order valence-corrected chi connectivity index (χ4v) is 1.52. The van der Waals surface area contributed by atoms with Gasteiger partial charge in [0.1, 0.15) is 6.33 Å². The van der Waals surface area contributed by atoms with E-state index in [1.165, 1.54) is 0 Å². The third-order valence-electron chi connectivity index (χ3n) is 2.17. The van der Waals surface area contributed by atoms with E-state index in [0.717, 1.165) is 17.0 Å². The van der Waals surface area contributed by atoms with Crippen LogP contribution in [0.15, 0.2) is 43.0 Å². The Kier molecular flexibility index (Phi) is 1.41. The van der Waals surface area contributed by atoms with Crippen LogP contribution in [-0.2, 0) is 0 Å². The average Bonchev–Trinajstić information content (AvgIpc) is 2.85. The van der Waals surface area contributed by atoms with Crippen LogP contribution in [0.4, 0.5) is 0 Å². The molecule has 3 aromatic rings. The van der Waals surface area contributed by atoms with Gasteiger partial charge in [0.25, 0.3) is 0 Å². The highest BCUT2D eigenvalue weighted by molar-refractivity contribution is 5.76. The van der Waals surface area contributed by atoms with Gasteiger partial charge in [-0.1, -0.05) is 12.1 Å². The minimum Gasteiger partial charge on any atom is -0.330 e. The molecule has 4 heteroatoms. The molecule has 1 N–H and O–H groups in total. The highest BCUT2D eigenvalue weighted by Gasteiger charge is 2.03. The van der Waals surface area contributed by atoms with Gasteiger partial charge >= 0.3 is 0 Å². The normalized spacial score (nSPS) is 10.9. The van der Waals surface area contributed by atoms with Gasteiger partial charge < -0.3 is 4.98 Å². The van der Waals surface area contributed by atoms with Crippen LogP contribution < -0.4 is 0 Å². The summed E-state index contributed by atoms with van der Waals surface area (Å²) >= 11 is 0. The SMILES string of the molecule is c1ccc2c(c1)ncn2-c1ncc[nH]1. The van der Waals surface area contributed by atoms with Crippen molar-refractivity contribution < 1.29 is 0 Å². The molecule has 2 aromatic heterocycles. The van der Waals surface area contributed by atoms with Crippen LogP contribution in [0.5, 0.6) is 0 Å². The molecule has 0 bridgehead atoms. The number of H-pyrrole nitrogens is 1. The second-order valence-corrected chi connectivity index (χ2v) is 3.02. The number of para-hydroxylation sites is 2. The van der Waals surface area contributed by atoms with E-state index in [9.17, 15) is 0 Å². The van der Waals surface area contributed by atoms with Crippen LogP contribution in [0, 0.1) is 0 Å². The third kappa shape index (κ3) is 0.939. The Balaban J connectivity index is 2.33. The number of benzene rings is 1. The van der Waals surface area contributed by atoms with Crippen LogP contribution >= 0.6 is 0 Å². The summed E-state index contributed by atoms with van der Waals surface area (Å²) in [5, 5.41) is 0. The first-order valence-corrected chi connectivity index (χ1v) is 4.37. The number of fused-ring (bicyclic) bond motifs is 1. The molecule has 0 spiro atoms. The van der Waals surface area contributed by atoms with Crippen molar-refractivity contribution in [3.63, 3.8) is 0 Å². The van der Waals surface area contributed by atoms with E-state index in [0.29, 0.717) is 0 Å². The molecule has 0 atom stereocenters. The van der Waals surface area contributed by atoms with Gasteiger partial charge in [0.2, 0.25) is 5.95 Å². The van der Waals surface area contributed by atoms with E-state index < -0.39 is 0 Å². The first kappa shape index (κ1) is 7.32. The van der Waals surface area contributed by atoms with Crippen molar-refractivity contribution in [2.75, 3.05) is 0 Å². The lowest BCUT2D eigenvalue weighted by Gasteiger charge is -1.97. The van der Waals surface area contributed by atoms with Crippen molar-refractivity contribution in [3.8, 4) is 5.95 Å². The summed E-state index contributed by atoms with van der Waals surface area (Å²) in [6.07, 6.45) is 5.29. The highest BCUT2D eigenvalue weighted by Crippen LogP contribution is 2.14. The molecular formula is C10H8N4. The summed E-state index contributed by atoms with van der Waals surface area (Å²) in [6, 6.07) is 7.96. The molecule has 0 amide bonds. The van der Waals surface area contributed by atoms with Gasteiger partial charge in [-0.25, -0.2) is 9.97 Å². The van der Waals surface area contributed by atoms with Crippen LogP contribution in [0.25, 0.3) is 17.0 Å². The number of rotatable bonds is 1. The standard InChI is InChI=1S/C10H8N4/c1-2-4-9-8(3-1)13-7-14(9)10-11-5-6-12-10/h1-7H,(H,11,12). The maximum atomic E-state index is 4.28. The lowest BCUT2D eigenvalue weighted by Crippen LogP contribution is -1.93. The molecule has 3 rings (SSSR count). The van der Waals surface area contributed by atoms with E-state index in [1.54, 1.807) is 18.7 Å². The number of imidazole rings is 2. The zero-order valence-corrected chi connectivity index (χ0v) is 7.38. The van der Waals surface area contributed by atoms with Gasteiger partial charge in [-0.3, -0.25) is 4.57 Å². The fraction of sp³-hybridized carbons (Fsp3) is 0. The van der Waals surface area contributed by atoms with E-state index in [2.05, 4.69) is 15.0 Å². The van der Waals surface area contributed by atoms with Crippen molar-refractivity contribution in [3.05, 3.63) is 43.0 Å². The summed E-state index contributed by atoms with van der Waals surface area (Å²) < 4.78 is 1.93. The monoisotopic (exact) mass is 184 g/mol. The Hall–Kier alpha value is -2.10. The van der Waals surface area contributed by atoms with Crippen molar-refractivity contribution in [2.45, 2.75) is 0 Å². The molecule has 0 aliphatic rings. The first-order chi connectivity index (χ1) is 6.95. The number of hydrogen-bond acceptors (Lipinski definition) is 2. The van der Waals surface area contributed by atoms with E-state index in [1.807, 2.05) is 28.8 Å². The van der Waals surface area contributed by atoms with Gasteiger partial charge in [-0.15, -0.1) is 0 Å².